The minimum Gasteiger partial charge on any atom is -0.331 e. The minimum absolute atomic E-state index is 0.0798. The molecule has 2 aliphatic rings. The second-order valence-electron chi connectivity index (χ2n) is 7.16. The van der Waals surface area contributed by atoms with Crippen LogP contribution in [0.5, 0.6) is 0 Å². The van der Waals surface area contributed by atoms with Gasteiger partial charge in [-0.05, 0) is 18.8 Å². The molecule has 3 rings (SSSR count). The molecule has 1 aromatic heterocycles. The Balaban J connectivity index is 1.68. The van der Waals surface area contributed by atoms with E-state index in [0.717, 1.165) is 25.7 Å². The van der Waals surface area contributed by atoms with Crippen LogP contribution < -0.4 is 10.7 Å². The molecule has 4 N–H and O–H groups in total. The van der Waals surface area contributed by atoms with E-state index in [1.807, 2.05) is 0 Å². The summed E-state index contributed by atoms with van der Waals surface area (Å²) in [4.78, 5) is 43.2. The summed E-state index contributed by atoms with van der Waals surface area (Å²) < 4.78 is 0. The number of nitrogens with one attached hydrogen (secondary N) is 3. The molecule has 27 heavy (non-hydrogen) atoms. The number of amides is 3. The number of rotatable bonds is 8. The maximum absolute atomic E-state index is 13.1. The Labute approximate surface area is 157 Å². The predicted molar refractivity (Wildman–Crippen MR) is 95.1 cm³/mol. The van der Waals surface area contributed by atoms with Crippen molar-refractivity contribution in [3.8, 4) is 0 Å². The molecule has 2 atom stereocenters. The molecule has 0 radical (unpaired) electrons. The van der Waals surface area contributed by atoms with Crippen molar-refractivity contribution in [2.45, 2.75) is 44.6 Å². The van der Waals surface area contributed by atoms with Crippen LogP contribution in [0.4, 0.5) is 5.95 Å². The molecule has 1 aromatic rings. The van der Waals surface area contributed by atoms with Gasteiger partial charge in [-0.25, -0.2) is 15.5 Å². The lowest BCUT2D eigenvalue weighted by Gasteiger charge is -2.29. The smallest absolute Gasteiger partial charge is 0.251 e. The highest BCUT2D eigenvalue weighted by Crippen LogP contribution is 2.31. The Kier molecular flexibility index (Phi) is 6.40. The van der Waals surface area contributed by atoms with Gasteiger partial charge in [-0.3, -0.25) is 29.9 Å². The molecule has 0 spiro atoms. The number of hydrogen-bond acceptors (Lipinski definition) is 6. The number of imidazole rings is 1. The Bertz CT molecular complexity index is 646. The number of aromatic nitrogens is 2. The fourth-order valence-electron chi connectivity index (χ4n) is 3.94. The van der Waals surface area contributed by atoms with E-state index in [2.05, 4.69) is 20.7 Å². The number of aromatic amines is 1. The first-order valence-electron chi connectivity index (χ1n) is 9.36. The first-order chi connectivity index (χ1) is 13.1. The number of hydrogen-bond donors (Lipinski definition) is 4. The van der Waals surface area contributed by atoms with E-state index in [4.69, 9.17) is 0 Å². The number of hydroxylamine groups is 2. The number of nitrogens with zero attached hydrogens (tertiary/aromatic N) is 3. The highest BCUT2D eigenvalue weighted by molar-refractivity contribution is 5.96. The van der Waals surface area contributed by atoms with Gasteiger partial charge < -0.3 is 4.98 Å². The van der Waals surface area contributed by atoms with Crippen molar-refractivity contribution < 1.29 is 19.6 Å². The highest BCUT2D eigenvalue weighted by Gasteiger charge is 2.39. The zero-order valence-corrected chi connectivity index (χ0v) is 15.1. The van der Waals surface area contributed by atoms with Crippen LogP contribution in [0.15, 0.2) is 12.4 Å². The average molecular weight is 378 g/mol. The van der Waals surface area contributed by atoms with Crippen LogP contribution in [0.1, 0.15) is 38.5 Å². The van der Waals surface area contributed by atoms with Crippen LogP contribution in [-0.2, 0) is 14.4 Å². The Morgan fingerprint density at radius 3 is 2.85 bits per heavy atom. The van der Waals surface area contributed by atoms with Gasteiger partial charge in [0.1, 0.15) is 6.04 Å². The van der Waals surface area contributed by atoms with Gasteiger partial charge in [0.25, 0.3) is 5.91 Å². The summed E-state index contributed by atoms with van der Waals surface area (Å²) in [6, 6.07) is -0.669. The first-order valence-corrected chi connectivity index (χ1v) is 9.36. The van der Waals surface area contributed by atoms with E-state index in [1.165, 1.54) is 11.2 Å². The molecular formula is C17H26N6O4. The van der Waals surface area contributed by atoms with Gasteiger partial charge in [0.15, 0.2) is 0 Å². The van der Waals surface area contributed by atoms with Crippen molar-refractivity contribution in [1.29, 1.82) is 0 Å². The average Bonchev–Trinajstić information content (AvgIpc) is 3.42. The van der Waals surface area contributed by atoms with Crippen LogP contribution in [0.2, 0.25) is 0 Å². The lowest BCUT2D eigenvalue weighted by molar-refractivity contribution is -0.159. The van der Waals surface area contributed by atoms with Gasteiger partial charge in [0.05, 0.1) is 12.5 Å². The topological polar surface area (TPSA) is 131 Å². The SMILES string of the molecule is O=CN(O)C[C@@H](CC1CCCC1)C(=O)N1NCC[C@H]1C(=O)Nc1ncc[nH]1. The van der Waals surface area contributed by atoms with Crippen molar-refractivity contribution in [2.75, 3.05) is 18.4 Å². The van der Waals surface area contributed by atoms with E-state index in [0.29, 0.717) is 42.7 Å². The molecule has 1 aliphatic heterocycles. The third-order valence-electron chi connectivity index (χ3n) is 5.26. The summed E-state index contributed by atoms with van der Waals surface area (Å²) >= 11 is 0. The Hall–Kier alpha value is -2.46. The zero-order valence-electron chi connectivity index (χ0n) is 15.1. The summed E-state index contributed by atoms with van der Waals surface area (Å²) in [5, 5.41) is 14.1. The van der Waals surface area contributed by atoms with Crippen molar-refractivity contribution in [3.63, 3.8) is 0 Å². The van der Waals surface area contributed by atoms with Gasteiger partial charge in [0.2, 0.25) is 18.3 Å². The van der Waals surface area contributed by atoms with E-state index in [9.17, 15) is 19.6 Å². The largest absolute Gasteiger partial charge is 0.331 e. The molecule has 0 bridgehead atoms. The highest BCUT2D eigenvalue weighted by atomic mass is 16.5. The molecule has 10 heteroatoms. The van der Waals surface area contributed by atoms with E-state index in [1.54, 1.807) is 6.20 Å². The fraction of sp³-hybridized carbons (Fsp3) is 0.647. The van der Waals surface area contributed by atoms with Crippen molar-refractivity contribution in [1.82, 2.24) is 25.5 Å². The molecule has 148 valence electrons. The molecule has 3 amide bonds. The number of anilines is 1. The quantitative estimate of drug-likeness (QED) is 0.296. The van der Waals surface area contributed by atoms with E-state index < -0.39 is 12.0 Å². The van der Waals surface area contributed by atoms with Crippen LogP contribution in [0.25, 0.3) is 0 Å². The number of H-pyrrole nitrogens is 1. The fourth-order valence-corrected chi connectivity index (χ4v) is 3.94. The number of carbonyl (C=O) groups excluding carboxylic acids is 3. The van der Waals surface area contributed by atoms with Crippen LogP contribution in [0.3, 0.4) is 0 Å². The van der Waals surface area contributed by atoms with Gasteiger partial charge in [0, 0.05) is 18.9 Å². The molecule has 1 saturated carbocycles. The van der Waals surface area contributed by atoms with Crippen LogP contribution in [0, 0.1) is 11.8 Å². The maximum atomic E-state index is 13.1. The van der Waals surface area contributed by atoms with Gasteiger partial charge >= 0.3 is 0 Å². The van der Waals surface area contributed by atoms with Crippen LogP contribution in [-0.4, -0.2) is 62.6 Å². The summed E-state index contributed by atoms with van der Waals surface area (Å²) in [7, 11) is 0. The summed E-state index contributed by atoms with van der Waals surface area (Å²) in [6.45, 7) is 0.415. The Morgan fingerprint density at radius 2 is 2.19 bits per heavy atom. The van der Waals surface area contributed by atoms with Gasteiger partial charge in [-0.1, -0.05) is 25.7 Å². The predicted octanol–water partition coefficient (Wildman–Crippen LogP) is 0.498. The second-order valence-corrected chi connectivity index (χ2v) is 7.16. The molecule has 1 saturated heterocycles. The number of carbonyl (C=O) groups is 3. The van der Waals surface area contributed by atoms with E-state index >= 15 is 0 Å². The molecular weight excluding hydrogens is 352 g/mol. The third kappa shape index (κ3) is 4.83. The standard InChI is InChI=1S/C17H26N6O4/c24-11-22(27)10-13(9-12-3-1-2-4-12)16(26)23-14(5-6-20-23)15(25)21-17-18-7-8-19-17/h7-8,11-14,20,27H,1-6,9-10H2,(H2,18,19,21,25)/t13-,14+/m1/s1. The minimum atomic E-state index is -0.669. The normalized spacial score (nSPS) is 21.2. The van der Waals surface area contributed by atoms with Crippen LogP contribution >= 0.6 is 0 Å². The summed E-state index contributed by atoms with van der Waals surface area (Å²) in [5.41, 5.74) is 2.97. The first kappa shape index (κ1) is 19.3. The van der Waals surface area contributed by atoms with Crippen molar-refractivity contribution in [2.24, 2.45) is 11.8 Å². The molecule has 10 nitrogen and oxygen atoms in total. The molecule has 0 unspecified atom stereocenters. The summed E-state index contributed by atoms with van der Waals surface area (Å²) in [5.74, 6) is -0.451. The third-order valence-corrected chi connectivity index (χ3v) is 5.26. The summed E-state index contributed by atoms with van der Waals surface area (Å²) in [6.07, 6.45) is 8.86. The lowest BCUT2D eigenvalue weighted by atomic mass is 9.92. The molecule has 2 heterocycles. The van der Waals surface area contributed by atoms with E-state index in [-0.39, 0.29) is 18.4 Å². The Morgan fingerprint density at radius 1 is 1.41 bits per heavy atom. The molecule has 0 aromatic carbocycles. The number of hydrazine groups is 1. The van der Waals surface area contributed by atoms with Crippen molar-refractivity contribution in [3.05, 3.63) is 12.4 Å². The maximum Gasteiger partial charge on any atom is 0.251 e. The molecule has 1 aliphatic carbocycles. The van der Waals surface area contributed by atoms with Gasteiger partial charge in [-0.2, -0.15) is 0 Å². The lowest BCUT2D eigenvalue weighted by Crippen LogP contribution is -2.51. The second kappa shape index (κ2) is 8.96. The monoisotopic (exact) mass is 378 g/mol. The van der Waals surface area contributed by atoms with Gasteiger partial charge in [-0.15, -0.1) is 0 Å². The zero-order chi connectivity index (χ0) is 19.2. The van der Waals surface area contributed by atoms with Crippen molar-refractivity contribution >= 4 is 24.2 Å². The molecule has 2 fully saturated rings.